The Kier molecular flexibility index (Phi) is 4.48. The highest BCUT2D eigenvalue weighted by atomic mass is 35.5. The van der Waals surface area contributed by atoms with Crippen molar-refractivity contribution in [3.63, 3.8) is 0 Å². The number of aromatic nitrogens is 2. The van der Waals surface area contributed by atoms with Gasteiger partial charge in [0.1, 0.15) is 5.65 Å². The molecule has 4 nitrogen and oxygen atoms in total. The Hall–Kier alpha value is -1.81. The van der Waals surface area contributed by atoms with Crippen molar-refractivity contribution in [2.75, 3.05) is 6.54 Å². The summed E-state index contributed by atoms with van der Waals surface area (Å²) in [6.45, 7) is 2.78. The Morgan fingerprint density at radius 3 is 2.95 bits per heavy atom. The van der Waals surface area contributed by atoms with Crippen molar-refractivity contribution < 1.29 is 4.79 Å². The van der Waals surface area contributed by atoms with Crippen molar-refractivity contribution in [1.29, 1.82) is 0 Å². The summed E-state index contributed by atoms with van der Waals surface area (Å²) in [4.78, 5) is 18.7. The Bertz CT molecular complexity index is 701. The van der Waals surface area contributed by atoms with E-state index in [0.29, 0.717) is 11.2 Å². The Balaban J connectivity index is 1.82. The molecule has 0 aliphatic heterocycles. The van der Waals surface area contributed by atoms with Crippen molar-refractivity contribution >= 4 is 29.2 Å². The highest BCUT2D eigenvalue weighted by Crippen LogP contribution is 2.24. The van der Waals surface area contributed by atoms with Crippen LogP contribution in [0.1, 0.15) is 38.3 Å². The molecule has 2 aromatic heterocycles. The van der Waals surface area contributed by atoms with Crippen molar-refractivity contribution in [1.82, 2.24) is 14.3 Å². The van der Waals surface area contributed by atoms with Crippen LogP contribution in [0.25, 0.3) is 11.7 Å². The summed E-state index contributed by atoms with van der Waals surface area (Å²) in [5.74, 6) is 0.0522. The van der Waals surface area contributed by atoms with Gasteiger partial charge < -0.3 is 4.90 Å². The molecule has 0 aromatic carbocycles. The molecule has 0 saturated heterocycles. The predicted molar refractivity (Wildman–Crippen MR) is 88.9 cm³/mol. The maximum Gasteiger partial charge on any atom is 0.246 e. The molecule has 0 spiro atoms. The van der Waals surface area contributed by atoms with Crippen LogP contribution in [0.5, 0.6) is 0 Å². The minimum absolute atomic E-state index is 0.0522. The van der Waals surface area contributed by atoms with E-state index in [1.54, 1.807) is 12.2 Å². The molecule has 1 aliphatic carbocycles. The van der Waals surface area contributed by atoms with Gasteiger partial charge in [0.05, 0.1) is 5.69 Å². The second kappa shape index (κ2) is 6.53. The van der Waals surface area contributed by atoms with E-state index in [1.807, 2.05) is 40.6 Å². The lowest BCUT2D eigenvalue weighted by Gasteiger charge is -2.26. The second-order valence-electron chi connectivity index (χ2n) is 5.61. The third-order valence-electron chi connectivity index (χ3n) is 4.29. The summed E-state index contributed by atoms with van der Waals surface area (Å²) in [5, 5.41) is 0.416. The molecule has 1 aliphatic rings. The number of carbonyl (C=O) groups excluding carboxylic acids is 1. The van der Waals surface area contributed by atoms with E-state index in [4.69, 9.17) is 11.6 Å². The molecule has 0 atom stereocenters. The van der Waals surface area contributed by atoms with Gasteiger partial charge in [-0.25, -0.2) is 4.98 Å². The van der Waals surface area contributed by atoms with E-state index < -0.39 is 0 Å². The van der Waals surface area contributed by atoms with Gasteiger partial charge in [-0.15, -0.1) is 0 Å². The normalized spacial score (nSPS) is 15.9. The Morgan fingerprint density at radius 2 is 2.23 bits per heavy atom. The number of fused-ring (bicyclic) bond motifs is 1. The zero-order valence-corrected chi connectivity index (χ0v) is 13.5. The molecular formula is C17H20ClN3O. The fourth-order valence-corrected chi connectivity index (χ4v) is 3.43. The first-order chi connectivity index (χ1) is 10.7. The summed E-state index contributed by atoms with van der Waals surface area (Å²) < 4.78 is 1.89. The molecule has 1 saturated carbocycles. The van der Waals surface area contributed by atoms with Crippen LogP contribution in [0.15, 0.2) is 30.5 Å². The molecule has 3 rings (SSSR count). The number of likely N-dealkylation sites (N-methyl/N-ethyl adjacent to an activating group) is 1. The van der Waals surface area contributed by atoms with Gasteiger partial charge in [-0.2, -0.15) is 0 Å². The summed E-state index contributed by atoms with van der Waals surface area (Å²) in [6, 6.07) is 6.11. The third kappa shape index (κ3) is 2.88. The molecule has 2 aromatic rings. The number of carbonyl (C=O) groups is 1. The van der Waals surface area contributed by atoms with Crippen LogP contribution in [-0.4, -0.2) is 32.8 Å². The number of nitrogens with zero attached hydrogens (tertiary/aromatic N) is 3. The van der Waals surface area contributed by atoms with Gasteiger partial charge >= 0.3 is 0 Å². The fourth-order valence-electron chi connectivity index (χ4n) is 3.19. The molecular weight excluding hydrogens is 298 g/mol. The highest BCUT2D eigenvalue weighted by Gasteiger charge is 2.24. The molecule has 0 radical (unpaired) electrons. The minimum Gasteiger partial charge on any atom is -0.336 e. The molecule has 22 heavy (non-hydrogen) atoms. The SMILES string of the molecule is CCN(C(=O)/C=C/c1c(Cl)nc2ccccn12)C1CCCC1. The summed E-state index contributed by atoms with van der Waals surface area (Å²) in [7, 11) is 0. The number of amides is 1. The zero-order chi connectivity index (χ0) is 15.5. The highest BCUT2D eigenvalue weighted by molar-refractivity contribution is 6.31. The third-order valence-corrected chi connectivity index (χ3v) is 4.57. The molecule has 2 heterocycles. The van der Waals surface area contributed by atoms with Crippen molar-refractivity contribution in [3.05, 3.63) is 41.3 Å². The first-order valence-electron chi connectivity index (χ1n) is 7.82. The van der Waals surface area contributed by atoms with E-state index in [2.05, 4.69) is 4.98 Å². The van der Waals surface area contributed by atoms with Crippen LogP contribution in [0.2, 0.25) is 5.15 Å². The average Bonchev–Trinajstić information content (AvgIpc) is 3.13. The van der Waals surface area contributed by atoms with Crippen LogP contribution < -0.4 is 0 Å². The van der Waals surface area contributed by atoms with Gasteiger partial charge in [-0.3, -0.25) is 9.20 Å². The average molecular weight is 318 g/mol. The standard InChI is InChI=1S/C17H20ClN3O/c1-2-20(13-7-3-4-8-13)16(22)11-10-14-17(18)19-15-9-5-6-12-21(14)15/h5-6,9-13H,2-4,7-8H2,1H3/b11-10+. The van der Waals surface area contributed by atoms with Gasteiger partial charge in [0.15, 0.2) is 5.15 Å². The van der Waals surface area contributed by atoms with Crippen molar-refractivity contribution in [2.24, 2.45) is 0 Å². The predicted octanol–water partition coefficient (Wildman–Crippen LogP) is 3.79. The van der Waals surface area contributed by atoms with Gasteiger partial charge in [0.2, 0.25) is 5.91 Å². The van der Waals surface area contributed by atoms with Crippen molar-refractivity contribution in [3.8, 4) is 0 Å². The smallest absolute Gasteiger partial charge is 0.246 e. The number of halogens is 1. The van der Waals surface area contributed by atoms with Crippen LogP contribution >= 0.6 is 11.6 Å². The molecule has 1 fully saturated rings. The lowest BCUT2D eigenvalue weighted by molar-refractivity contribution is -0.127. The summed E-state index contributed by atoms with van der Waals surface area (Å²) in [6.07, 6.45) is 9.95. The quantitative estimate of drug-likeness (QED) is 0.805. The van der Waals surface area contributed by atoms with Gasteiger partial charge in [0, 0.05) is 24.9 Å². The number of imidazole rings is 1. The number of pyridine rings is 1. The Morgan fingerprint density at radius 1 is 1.45 bits per heavy atom. The molecule has 0 N–H and O–H groups in total. The second-order valence-corrected chi connectivity index (χ2v) is 5.97. The van der Waals surface area contributed by atoms with Gasteiger partial charge in [-0.1, -0.05) is 30.5 Å². The van der Waals surface area contributed by atoms with Crippen molar-refractivity contribution in [2.45, 2.75) is 38.6 Å². The number of rotatable bonds is 4. The monoisotopic (exact) mass is 317 g/mol. The molecule has 0 unspecified atom stereocenters. The lowest BCUT2D eigenvalue weighted by Crippen LogP contribution is -2.37. The van der Waals surface area contributed by atoms with E-state index in [1.165, 1.54) is 12.8 Å². The van der Waals surface area contributed by atoms with Crippen LogP contribution in [0.3, 0.4) is 0 Å². The number of hydrogen-bond donors (Lipinski definition) is 0. The molecule has 5 heteroatoms. The van der Waals surface area contributed by atoms with Gasteiger partial charge in [0.25, 0.3) is 0 Å². The van der Waals surface area contributed by atoms with Crippen LogP contribution in [0, 0.1) is 0 Å². The zero-order valence-electron chi connectivity index (χ0n) is 12.7. The fraction of sp³-hybridized carbons (Fsp3) is 0.412. The first kappa shape index (κ1) is 15.1. The van der Waals surface area contributed by atoms with Crippen LogP contribution in [-0.2, 0) is 4.79 Å². The number of hydrogen-bond acceptors (Lipinski definition) is 2. The van der Waals surface area contributed by atoms with E-state index in [0.717, 1.165) is 30.7 Å². The molecule has 116 valence electrons. The lowest BCUT2D eigenvalue weighted by atomic mass is 10.2. The van der Waals surface area contributed by atoms with E-state index >= 15 is 0 Å². The minimum atomic E-state index is 0.0522. The maximum absolute atomic E-state index is 12.5. The first-order valence-corrected chi connectivity index (χ1v) is 8.19. The van der Waals surface area contributed by atoms with E-state index in [9.17, 15) is 4.79 Å². The molecule has 1 amide bonds. The largest absolute Gasteiger partial charge is 0.336 e. The topological polar surface area (TPSA) is 37.6 Å². The van der Waals surface area contributed by atoms with Gasteiger partial charge in [-0.05, 0) is 38.0 Å². The maximum atomic E-state index is 12.5. The van der Waals surface area contributed by atoms with Crippen LogP contribution in [0.4, 0.5) is 0 Å². The Labute approximate surface area is 135 Å². The summed E-state index contributed by atoms with van der Waals surface area (Å²) in [5.41, 5.74) is 1.52. The molecule has 0 bridgehead atoms. The summed E-state index contributed by atoms with van der Waals surface area (Å²) >= 11 is 6.18. The van der Waals surface area contributed by atoms with E-state index in [-0.39, 0.29) is 5.91 Å².